The molecule has 5 amide bonds. The summed E-state index contributed by atoms with van der Waals surface area (Å²) in [6.07, 6.45) is -2.93. The van der Waals surface area contributed by atoms with E-state index in [4.69, 9.17) is 49.8 Å². The first-order chi connectivity index (χ1) is 12.9. The normalized spacial score (nSPS) is 18.9. The Balaban J connectivity index is 2.72. The SMILES string of the molecule is C=C(C)OC(=O)N1CC[C@@H](N=[N+]=[N-])[C@@H](OC(=O)NC(=O)NC(=O)C(Cl)(Cl)Cl)C1. The fourth-order valence-electron chi connectivity index (χ4n) is 2.06. The Morgan fingerprint density at radius 2 is 1.93 bits per heavy atom. The van der Waals surface area contributed by atoms with Gasteiger partial charge in [-0.2, -0.15) is 0 Å². The Hall–Kier alpha value is -2.40. The maximum atomic E-state index is 11.9. The van der Waals surface area contributed by atoms with E-state index in [2.05, 4.69) is 16.6 Å². The molecule has 0 saturated carbocycles. The van der Waals surface area contributed by atoms with Crippen molar-refractivity contribution in [3.8, 4) is 0 Å². The van der Waals surface area contributed by atoms with Crippen LogP contribution in [0.15, 0.2) is 17.5 Å². The number of amides is 5. The zero-order valence-corrected chi connectivity index (χ0v) is 16.6. The number of urea groups is 1. The van der Waals surface area contributed by atoms with Gasteiger partial charge in [-0.3, -0.25) is 10.1 Å². The first-order valence-electron chi connectivity index (χ1n) is 7.50. The number of alkyl halides is 3. The highest BCUT2D eigenvalue weighted by molar-refractivity contribution is 6.76. The van der Waals surface area contributed by atoms with Crippen LogP contribution in [0.2, 0.25) is 0 Å². The number of hydrogen-bond donors (Lipinski definition) is 2. The van der Waals surface area contributed by atoms with Crippen LogP contribution in [0.3, 0.4) is 0 Å². The molecule has 1 aliphatic heterocycles. The molecule has 0 radical (unpaired) electrons. The number of carbonyl (C=O) groups is 4. The van der Waals surface area contributed by atoms with E-state index in [1.807, 2.05) is 0 Å². The van der Waals surface area contributed by atoms with Gasteiger partial charge in [0.05, 0.1) is 18.3 Å². The number of azide groups is 1. The standard InChI is InChI=1S/C13H15Cl3N6O6/c1-6(2)27-12(26)22-4-3-7(20-21-17)8(5-22)28-11(25)19-10(24)18-9(23)13(14,15)16/h7-8H,1,3-5H2,2H3,(H2,18,19,23,24,25)/t7-,8+/m1/s1. The second-order valence-corrected chi connectivity index (χ2v) is 7.71. The monoisotopic (exact) mass is 456 g/mol. The van der Waals surface area contributed by atoms with E-state index in [0.717, 1.165) is 0 Å². The number of alkyl carbamates (subject to hydrolysis) is 1. The molecular formula is C13H15Cl3N6O6. The van der Waals surface area contributed by atoms with Crippen LogP contribution in [-0.4, -0.2) is 58.1 Å². The minimum atomic E-state index is -2.42. The zero-order chi connectivity index (χ0) is 21.5. The first-order valence-corrected chi connectivity index (χ1v) is 8.63. The molecule has 28 heavy (non-hydrogen) atoms. The molecule has 0 aromatic heterocycles. The van der Waals surface area contributed by atoms with Gasteiger partial charge in [-0.25, -0.2) is 19.7 Å². The van der Waals surface area contributed by atoms with Crippen molar-refractivity contribution in [2.45, 2.75) is 29.3 Å². The van der Waals surface area contributed by atoms with Gasteiger partial charge in [-0.05, 0) is 18.9 Å². The van der Waals surface area contributed by atoms with Crippen LogP contribution in [0.5, 0.6) is 0 Å². The number of rotatable bonds is 3. The molecule has 0 aromatic rings. The van der Waals surface area contributed by atoms with Gasteiger partial charge in [0.15, 0.2) is 0 Å². The van der Waals surface area contributed by atoms with Crippen LogP contribution in [0, 0.1) is 0 Å². The molecule has 1 aliphatic rings. The highest BCUT2D eigenvalue weighted by atomic mass is 35.6. The summed E-state index contributed by atoms with van der Waals surface area (Å²) in [6.45, 7) is 4.93. The molecule has 2 atom stereocenters. The average molecular weight is 458 g/mol. The third-order valence-corrected chi connectivity index (χ3v) is 3.72. The predicted octanol–water partition coefficient (Wildman–Crippen LogP) is 2.74. The highest BCUT2D eigenvalue weighted by Gasteiger charge is 2.36. The lowest BCUT2D eigenvalue weighted by atomic mass is 10.0. The third-order valence-electron chi connectivity index (χ3n) is 3.20. The van der Waals surface area contributed by atoms with E-state index in [1.165, 1.54) is 11.8 Å². The Bertz CT molecular complexity index is 720. The summed E-state index contributed by atoms with van der Waals surface area (Å²) in [6, 6.07) is -2.11. The van der Waals surface area contributed by atoms with Crippen LogP contribution >= 0.6 is 34.8 Å². The van der Waals surface area contributed by atoms with Gasteiger partial charge in [-0.1, -0.05) is 46.5 Å². The van der Waals surface area contributed by atoms with Crippen molar-refractivity contribution in [2.75, 3.05) is 13.1 Å². The summed E-state index contributed by atoms with van der Waals surface area (Å²) in [5.74, 6) is -1.13. The maximum absolute atomic E-state index is 11.9. The Labute approximate surface area is 173 Å². The fraction of sp³-hybridized carbons (Fsp3) is 0.538. The van der Waals surface area contributed by atoms with Gasteiger partial charge in [-0.15, -0.1) is 0 Å². The van der Waals surface area contributed by atoms with Crippen molar-refractivity contribution >= 4 is 58.9 Å². The molecule has 1 saturated heterocycles. The second kappa shape index (κ2) is 10.2. The molecule has 0 unspecified atom stereocenters. The van der Waals surface area contributed by atoms with Crippen molar-refractivity contribution < 1.29 is 28.7 Å². The summed E-state index contributed by atoms with van der Waals surface area (Å²) in [7, 11) is 0. The highest BCUT2D eigenvalue weighted by Crippen LogP contribution is 2.25. The predicted molar refractivity (Wildman–Crippen MR) is 97.7 cm³/mol. The molecule has 1 rings (SSSR count). The first kappa shape index (κ1) is 23.6. The smallest absolute Gasteiger partial charge is 0.415 e. The number of imide groups is 2. The van der Waals surface area contributed by atoms with Crippen molar-refractivity contribution in [3.05, 3.63) is 22.8 Å². The van der Waals surface area contributed by atoms with Gasteiger partial charge >= 0.3 is 18.2 Å². The molecule has 15 heteroatoms. The number of nitrogens with one attached hydrogen (secondary N) is 2. The molecule has 2 N–H and O–H groups in total. The van der Waals surface area contributed by atoms with Crippen molar-refractivity contribution in [1.29, 1.82) is 0 Å². The lowest BCUT2D eigenvalue weighted by Crippen LogP contribution is -2.52. The minimum Gasteiger partial charge on any atom is -0.444 e. The van der Waals surface area contributed by atoms with Gasteiger partial charge in [0.1, 0.15) is 6.10 Å². The fourth-order valence-corrected chi connectivity index (χ4v) is 2.20. The van der Waals surface area contributed by atoms with Crippen LogP contribution in [0.25, 0.3) is 10.4 Å². The Kier molecular flexibility index (Phi) is 8.64. The number of hydrogen-bond acceptors (Lipinski definition) is 7. The number of ether oxygens (including phenoxy) is 2. The van der Waals surface area contributed by atoms with Crippen LogP contribution in [-0.2, 0) is 14.3 Å². The molecule has 154 valence electrons. The summed E-state index contributed by atoms with van der Waals surface area (Å²) in [5, 5.41) is 6.79. The maximum Gasteiger partial charge on any atom is 0.415 e. The zero-order valence-electron chi connectivity index (χ0n) is 14.4. The van der Waals surface area contributed by atoms with E-state index < -0.39 is 40.1 Å². The van der Waals surface area contributed by atoms with Crippen molar-refractivity contribution in [1.82, 2.24) is 15.5 Å². The summed E-state index contributed by atoms with van der Waals surface area (Å²) in [4.78, 5) is 50.6. The number of allylic oxidation sites excluding steroid dienone is 1. The second-order valence-electron chi connectivity index (χ2n) is 5.43. The van der Waals surface area contributed by atoms with E-state index in [0.29, 0.717) is 0 Å². The number of piperidine rings is 1. The summed E-state index contributed by atoms with van der Waals surface area (Å²) >= 11 is 15.8. The van der Waals surface area contributed by atoms with E-state index in [1.54, 1.807) is 10.6 Å². The number of carbonyl (C=O) groups excluding carboxylic acids is 4. The molecular weight excluding hydrogens is 443 g/mol. The number of halogens is 3. The van der Waals surface area contributed by atoms with E-state index in [-0.39, 0.29) is 25.3 Å². The van der Waals surface area contributed by atoms with Crippen LogP contribution < -0.4 is 10.6 Å². The van der Waals surface area contributed by atoms with E-state index >= 15 is 0 Å². The Morgan fingerprint density at radius 3 is 2.46 bits per heavy atom. The largest absolute Gasteiger partial charge is 0.444 e. The molecule has 0 aliphatic carbocycles. The van der Waals surface area contributed by atoms with Crippen LogP contribution in [0.4, 0.5) is 14.4 Å². The quantitative estimate of drug-likeness (QED) is 0.217. The van der Waals surface area contributed by atoms with Crippen LogP contribution in [0.1, 0.15) is 13.3 Å². The minimum absolute atomic E-state index is 0.160. The molecule has 1 fully saturated rings. The Morgan fingerprint density at radius 1 is 1.29 bits per heavy atom. The molecule has 12 nitrogen and oxygen atoms in total. The third kappa shape index (κ3) is 7.69. The summed E-state index contributed by atoms with van der Waals surface area (Å²) in [5.41, 5.74) is 8.63. The molecule has 0 aromatic carbocycles. The lowest BCUT2D eigenvalue weighted by molar-refractivity contribution is -0.119. The van der Waals surface area contributed by atoms with Gasteiger partial charge in [0, 0.05) is 11.5 Å². The van der Waals surface area contributed by atoms with Crippen molar-refractivity contribution in [3.63, 3.8) is 0 Å². The average Bonchev–Trinajstić information content (AvgIpc) is 2.54. The molecule has 0 bridgehead atoms. The van der Waals surface area contributed by atoms with Gasteiger partial charge < -0.3 is 14.4 Å². The van der Waals surface area contributed by atoms with Gasteiger partial charge in [0.2, 0.25) is 0 Å². The lowest BCUT2D eigenvalue weighted by Gasteiger charge is -2.35. The number of likely N-dealkylation sites (tertiary alicyclic amines) is 1. The summed E-state index contributed by atoms with van der Waals surface area (Å²) < 4.78 is 7.48. The molecule has 1 heterocycles. The van der Waals surface area contributed by atoms with Crippen molar-refractivity contribution in [2.24, 2.45) is 5.11 Å². The number of nitrogens with zero attached hydrogens (tertiary/aromatic N) is 4. The van der Waals surface area contributed by atoms with E-state index in [9.17, 15) is 19.2 Å². The van der Waals surface area contributed by atoms with Gasteiger partial charge in [0.25, 0.3) is 9.70 Å². The molecule has 0 spiro atoms. The topological polar surface area (TPSA) is 163 Å².